The number of H-pyrrole nitrogens is 2. The Balaban J connectivity index is 1.51. The summed E-state index contributed by atoms with van der Waals surface area (Å²) in [5.41, 5.74) is 3.93. The molecule has 0 aliphatic carbocycles. The van der Waals surface area contributed by atoms with Crippen LogP contribution >= 0.6 is 0 Å². The standard InChI is InChI=1S/C18H15N3O/c22-18(10-12-1-2-13-5-7-20-17(13)9-12)21-15-3-4-16-14(11-15)6-8-19-16/h1-9,11,19-20H,10H2,(H,21,22). The molecule has 0 bridgehead atoms. The van der Waals surface area contributed by atoms with Gasteiger partial charge in [-0.3, -0.25) is 4.79 Å². The van der Waals surface area contributed by atoms with Crippen molar-refractivity contribution in [2.75, 3.05) is 5.32 Å². The Morgan fingerprint density at radius 2 is 1.68 bits per heavy atom. The van der Waals surface area contributed by atoms with E-state index < -0.39 is 0 Å². The average molecular weight is 289 g/mol. The monoisotopic (exact) mass is 289 g/mol. The van der Waals surface area contributed by atoms with Crippen LogP contribution in [-0.2, 0) is 11.2 Å². The van der Waals surface area contributed by atoms with Crippen LogP contribution in [0.25, 0.3) is 21.8 Å². The number of fused-ring (bicyclic) bond motifs is 2. The number of nitrogens with one attached hydrogen (secondary N) is 3. The van der Waals surface area contributed by atoms with Crippen molar-refractivity contribution in [3.63, 3.8) is 0 Å². The quantitative estimate of drug-likeness (QED) is 0.527. The first-order valence-corrected chi connectivity index (χ1v) is 7.21. The van der Waals surface area contributed by atoms with E-state index in [4.69, 9.17) is 0 Å². The second-order valence-electron chi connectivity index (χ2n) is 5.40. The molecule has 4 nitrogen and oxygen atoms in total. The third kappa shape index (κ3) is 2.35. The van der Waals surface area contributed by atoms with Crippen LogP contribution in [0.2, 0.25) is 0 Å². The first-order valence-electron chi connectivity index (χ1n) is 7.21. The van der Waals surface area contributed by atoms with E-state index in [0.717, 1.165) is 33.1 Å². The second kappa shape index (κ2) is 5.07. The van der Waals surface area contributed by atoms with Crippen molar-refractivity contribution < 1.29 is 4.79 Å². The van der Waals surface area contributed by atoms with Gasteiger partial charge in [0, 0.05) is 34.5 Å². The smallest absolute Gasteiger partial charge is 0.228 e. The van der Waals surface area contributed by atoms with Crippen LogP contribution in [0.5, 0.6) is 0 Å². The number of hydrogen-bond donors (Lipinski definition) is 3. The molecule has 0 radical (unpaired) electrons. The highest BCUT2D eigenvalue weighted by molar-refractivity contribution is 5.95. The Morgan fingerprint density at radius 3 is 2.59 bits per heavy atom. The van der Waals surface area contributed by atoms with Crippen LogP contribution in [0, 0.1) is 0 Å². The van der Waals surface area contributed by atoms with Crippen LogP contribution in [0.3, 0.4) is 0 Å². The first kappa shape index (κ1) is 12.7. The lowest BCUT2D eigenvalue weighted by Crippen LogP contribution is -2.14. The summed E-state index contributed by atoms with van der Waals surface area (Å²) in [4.78, 5) is 18.5. The fourth-order valence-electron chi connectivity index (χ4n) is 2.73. The van der Waals surface area contributed by atoms with Gasteiger partial charge in [0.05, 0.1) is 6.42 Å². The summed E-state index contributed by atoms with van der Waals surface area (Å²) in [5, 5.41) is 5.19. The number of rotatable bonds is 3. The summed E-state index contributed by atoms with van der Waals surface area (Å²) in [6.45, 7) is 0. The lowest BCUT2D eigenvalue weighted by atomic mass is 10.1. The van der Waals surface area contributed by atoms with Gasteiger partial charge in [-0.15, -0.1) is 0 Å². The molecule has 0 atom stereocenters. The molecule has 22 heavy (non-hydrogen) atoms. The van der Waals surface area contributed by atoms with Gasteiger partial charge in [0.25, 0.3) is 0 Å². The second-order valence-corrected chi connectivity index (χ2v) is 5.40. The van der Waals surface area contributed by atoms with E-state index in [2.05, 4.69) is 15.3 Å². The fourth-order valence-corrected chi connectivity index (χ4v) is 2.73. The van der Waals surface area contributed by atoms with E-state index >= 15 is 0 Å². The van der Waals surface area contributed by atoms with E-state index in [9.17, 15) is 4.79 Å². The van der Waals surface area contributed by atoms with Crippen molar-refractivity contribution in [2.45, 2.75) is 6.42 Å². The minimum atomic E-state index is -0.0132. The summed E-state index contributed by atoms with van der Waals surface area (Å²) >= 11 is 0. The normalized spacial score (nSPS) is 11.1. The van der Waals surface area contributed by atoms with E-state index in [-0.39, 0.29) is 5.91 Å². The zero-order chi connectivity index (χ0) is 14.9. The highest BCUT2D eigenvalue weighted by atomic mass is 16.1. The molecule has 0 saturated carbocycles. The van der Waals surface area contributed by atoms with Crippen LogP contribution in [0.1, 0.15) is 5.56 Å². The van der Waals surface area contributed by atoms with Gasteiger partial charge in [-0.1, -0.05) is 12.1 Å². The van der Waals surface area contributed by atoms with E-state index in [0.29, 0.717) is 6.42 Å². The molecule has 2 aromatic carbocycles. The number of hydrogen-bond acceptors (Lipinski definition) is 1. The van der Waals surface area contributed by atoms with Crippen molar-refractivity contribution in [3.05, 3.63) is 66.5 Å². The fraction of sp³-hybridized carbons (Fsp3) is 0.0556. The molecule has 3 N–H and O–H groups in total. The molecule has 0 saturated heterocycles. The lowest BCUT2D eigenvalue weighted by Gasteiger charge is -2.06. The molecule has 108 valence electrons. The van der Waals surface area contributed by atoms with E-state index in [1.54, 1.807) is 0 Å². The maximum absolute atomic E-state index is 12.2. The highest BCUT2D eigenvalue weighted by Gasteiger charge is 2.06. The number of anilines is 1. The Hall–Kier alpha value is -3.01. The molecule has 4 heteroatoms. The highest BCUT2D eigenvalue weighted by Crippen LogP contribution is 2.19. The van der Waals surface area contributed by atoms with Gasteiger partial charge in [-0.25, -0.2) is 0 Å². The van der Waals surface area contributed by atoms with Gasteiger partial charge in [0.15, 0.2) is 0 Å². The van der Waals surface area contributed by atoms with Crippen molar-refractivity contribution in [1.82, 2.24) is 9.97 Å². The first-order chi connectivity index (χ1) is 10.8. The van der Waals surface area contributed by atoms with Crippen molar-refractivity contribution >= 4 is 33.4 Å². The van der Waals surface area contributed by atoms with Crippen LogP contribution < -0.4 is 5.32 Å². The van der Waals surface area contributed by atoms with Gasteiger partial charge in [-0.2, -0.15) is 0 Å². The zero-order valence-electron chi connectivity index (χ0n) is 11.9. The molecule has 0 aliphatic heterocycles. The topological polar surface area (TPSA) is 60.7 Å². The Labute approximate surface area is 127 Å². The summed E-state index contributed by atoms with van der Waals surface area (Å²) in [5.74, 6) is -0.0132. The van der Waals surface area contributed by atoms with Gasteiger partial charge >= 0.3 is 0 Å². The van der Waals surface area contributed by atoms with Crippen molar-refractivity contribution in [1.29, 1.82) is 0 Å². The molecular weight excluding hydrogens is 274 g/mol. The minimum Gasteiger partial charge on any atom is -0.361 e. The number of carbonyl (C=O) groups excluding carboxylic acids is 1. The summed E-state index contributed by atoms with van der Waals surface area (Å²) in [6.07, 6.45) is 4.16. The molecule has 0 unspecified atom stereocenters. The van der Waals surface area contributed by atoms with Gasteiger partial charge in [0.1, 0.15) is 0 Å². The van der Waals surface area contributed by atoms with E-state index in [1.807, 2.05) is 60.9 Å². The Kier molecular flexibility index (Phi) is 2.93. The Morgan fingerprint density at radius 1 is 0.864 bits per heavy atom. The SMILES string of the molecule is O=C(Cc1ccc2cc[nH]c2c1)Nc1ccc2[nH]ccc2c1. The largest absolute Gasteiger partial charge is 0.361 e. The Bertz CT molecular complexity index is 886. The maximum atomic E-state index is 12.2. The summed E-state index contributed by atoms with van der Waals surface area (Å²) in [6, 6.07) is 15.9. The van der Waals surface area contributed by atoms with Crippen LogP contribution in [-0.4, -0.2) is 15.9 Å². The van der Waals surface area contributed by atoms with E-state index in [1.165, 1.54) is 0 Å². The van der Waals surface area contributed by atoms with Crippen molar-refractivity contribution in [2.24, 2.45) is 0 Å². The molecule has 0 spiro atoms. The summed E-state index contributed by atoms with van der Waals surface area (Å²) < 4.78 is 0. The third-order valence-corrected chi connectivity index (χ3v) is 3.82. The minimum absolute atomic E-state index is 0.0132. The third-order valence-electron chi connectivity index (χ3n) is 3.82. The molecule has 0 aliphatic rings. The molecular formula is C18H15N3O. The maximum Gasteiger partial charge on any atom is 0.228 e. The van der Waals surface area contributed by atoms with Crippen LogP contribution in [0.4, 0.5) is 5.69 Å². The number of carbonyl (C=O) groups is 1. The molecule has 2 heterocycles. The zero-order valence-corrected chi connectivity index (χ0v) is 11.9. The average Bonchev–Trinajstić information content (AvgIpc) is 3.14. The predicted octanol–water partition coefficient (Wildman–Crippen LogP) is 3.83. The molecule has 2 aromatic heterocycles. The molecule has 1 amide bonds. The number of amides is 1. The predicted molar refractivity (Wildman–Crippen MR) is 88.9 cm³/mol. The van der Waals surface area contributed by atoms with Gasteiger partial charge in [-0.05, 0) is 47.3 Å². The van der Waals surface area contributed by atoms with Gasteiger partial charge < -0.3 is 15.3 Å². The molecule has 4 aromatic rings. The lowest BCUT2D eigenvalue weighted by molar-refractivity contribution is -0.115. The molecule has 4 rings (SSSR count). The number of aromatic amines is 2. The molecule has 0 fully saturated rings. The number of aromatic nitrogens is 2. The van der Waals surface area contributed by atoms with Crippen molar-refractivity contribution in [3.8, 4) is 0 Å². The van der Waals surface area contributed by atoms with Gasteiger partial charge in [0.2, 0.25) is 5.91 Å². The number of benzene rings is 2. The summed E-state index contributed by atoms with van der Waals surface area (Å²) in [7, 11) is 0. The van der Waals surface area contributed by atoms with Crippen LogP contribution in [0.15, 0.2) is 60.9 Å².